The van der Waals surface area contributed by atoms with Crippen LogP contribution in [0.3, 0.4) is 0 Å². The third kappa shape index (κ3) is 7.67. The van der Waals surface area contributed by atoms with Gasteiger partial charge in [0.05, 0.1) is 13.2 Å². The Labute approximate surface area is 174 Å². The molecular formula is C19H32IN3O3. The average molecular weight is 477 g/mol. The Morgan fingerprint density at radius 2 is 2.00 bits per heavy atom. The standard InChI is InChI=1S/C19H31N3O3.HI/c1-20-19(21-15-16-6-4-7-18(14-16)24-3)22-10-8-17(9-11-22)25-13-5-12-23-2;/h4,6-7,14,17H,5,8-13,15H2,1-3H3,(H,20,21);1H. The molecule has 1 aliphatic rings. The summed E-state index contributed by atoms with van der Waals surface area (Å²) in [5.41, 5.74) is 1.18. The monoisotopic (exact) mass is 477 g/mol. The first-order valence-electron chi connectivity index (χ1n) is 8.96. The number of methoxy groups -OCH3 is 2. The van der Waals surface area contributed by atoms with E-state index in [-0.39, 0.29) is 24.0 Å². The second-order valence-corrected chi connectivity index (χ2v) is 6.16. The summed E-state index contributed by atoms with van der Waals surface area (Å²) in [6.07, 6.45) is 3.38. The summed E-state index contributed by atoms with van der Waals surface area (Å²) < 4.78 is 16.2. The van der Waals surface area contributed by atoms with Crippen LogP contribution < -0.4 is 10.1 Å². The lowest BCUT2D eigenvalue weighted by Crippen LogP contribution is -2.46. The van der Waals surface area contributed by atoms with Crippen molar-refractivity contribution in [2.75, 3.05) is 47.6 Å². The summed E-state index contributed by atoms with van der Waals surface area (Å²) in [5, 5.41) is 3.44. The zero-order valence-electron chi connectivity index (χ0n) is 16.1. The molecule has 0 aliphatic carbocycles. The van der Waals surface area contributed by atoms with Crippen molar-refractivity contribution in [1.29, 1.82) is 0 Å². The van der Waals surface area contributed by atoms with E-state index in [2.05, 4.69) is 21.3 Å². The van der Waals surface area contributed by atoms with Gasteiger partial charge >= 0.3 is 0 Å². The van der Waals surface area contributed by atoms with Crippen molar-refractivity contribution < 1.29 is 14.2 Å². The van der Waals surface area contributed by atoms with Gasteiger partial charge in [-0.05, 0) is 37.0 Å². The highest BCUT2D eigenvalue weighted by molar-refractivity contribution is 14.0. The molecule has 0 saturated carbocycles. The Hall–Kier alpha value is -1.06. The van der Waals surface area contributed by atoms with E-state index < -0.39 is 0 Å². The van der Waals surface area contributed by atoms with Crippen molar-refractivity contribution in [2.45, 2.75) is 31.9 Å². The summed E-state index contributed by atoms with van der Waals surface area (Å²) in [6.45, 7) is 4.21. The zero-order chi connectivity index (χ0) is 17.9. The van der Waals surface area contributed by atoms with Crippen LogP contribution in [-0.2, 0) is 16.0 Å². The van der Waals surface area contributed by atoms with E-state index in [4.69, 9.17) is 14.2 Å². The number of piperidine rings is 1. The summed E-state index contributed by atoms with van der Waals surface area (Å²) in [7, 11) is 5.25. The van der Waals surface area contributed by atoms with Crippen LogP contribution in [0.5, 0.6) is 5.75 Å². The highest BCUT2D eigenvalue weighted by Crippen LogP contribution is 2.15. The molecule has 2 rings (SSSR count). The van der Waals surface area contributed by atoms with E-state index in [1.54, 1.807) is 14.2 Å². The van der Waals surface area contributed by atoms with Crippen molar-refractivity contribution in [2.24, 2.45) is 4.99 Å². The van der Waals surface area contributed by atoms with Crippen molar-refractivity contribution >= 4 is 29.9 Å². The fraction of sp³-hybridized carbons (Fsp3) is 0.632. The van der Waals surface area contributed by atoms with E-state index in [0.717, 1.165) is 63.8 Å². The van der Waals surface area contributed by atoms with Gasteiger partial charge in [-0.1, -0.05) is 12.1 Å². The molecule has 7 heteroatoms. The minimum atomic E-state index is 0. The number of rotatable bonds is 8. The van der Waals surface area contributed by atoms with Crippen molar-refractivity contribution in [3.63, 3.8) is 0 Å². The Balaban J connectivity index is 0.00000338. The minimum Gasteiger partial charge on any atom is -0.497 e. The van der Waals surface area contributed by atoms with Gasteiger partial charge in [-0.25, -0.2) is 0 Å². The number of nitrogens with one attached hydrogen (secondary N) is 1. The highest BCUT2D eigenvalue weighted by Gasteiger charge is 2.21. The lowest BCUT2D eigenvalue weighted by Gasteiger charge is -2.34. The average Bonchev–Trinajstić information content (AvgIpc) is 2.67. The number of nitrogens with zero attached hydrogens (tertiary/aromatic N) is 2. The normalized spacial score (nSPS) is 15.5. The van der Waals surface area contributed by atoms with Gasteiger partial charge in [-0.2, -0.15) is 0 Å². The largest absolute Gasteiger partial charge is 0.497 e. The molecule has 0 aromatic heterocycles. The van der Waals surface area contributed by atoms with Crippen LogP contribution in [0.4, 0.5) is 0 Å². The number of aliphatic imine (C=N–C) groups is 1. The fourth-order valence-corrected chi connectivity index (χ4v) is 2.98. The Morgan fingerprint density at radius 1 is 1.23 bits per heavy atom. The van der Waals surface area contributed by atoms with Crippen LogP contribution in [0.25, 0.3) is 0 Å². The van der Waals surface area contributed by atoms with Gasteiger partial charge in [0.15, 0.2) is 5.96 Å². The molecule has 0 atom stereocenters. The number of hydrogen-bond donors (Lipinski definition) is 1. The van der Waals surface area contributed by atoms with Gasteiger partial charge in [-0.3, -0.25) is 4.99 Å². The third-order valence-corrected chi connectivity index (χ3v) is 4.38. The molecule has 6 nitrogen and oxygen atoms in total. The molecule has 1 aromatic rings. The van der Waals surface area contributed by atoms with Crippen LogP contribution in [0.15, 0.2) is 29.3 Å². The highest BCUT2D eigenvalue weighted by atomic mass is 127. The number of benzene rings is 1. The third-order valence-electron chi connectivity index (χ3n) is 4.38. The molecular weight excluding hydrogens is 445 g/mol. The lowest BCUT2D eigenvalue weighted by molar-refractivity contribution is 0.00989. The van der Waals surface area contributed by atoms with Crippen LogP contribution in [0.2, 0.25) is 0 Å². The molecule has 1 fully saturated rings. The molecule has 1 N–H and O–H groups in total. The topological polar surface area (TPSA) is 55.3 Å². The summed E-state index contributed by atoms with van der Waals surface area (Å²) >= 11 is 0. The predicted molar refractivity (Wildman–Crippen MR) is 116 cm³/mol. The Kier molecular flexibility index (Phi) is 11.6. The molecule has 1 heterocycles. The Morgan fingerprint density at radius 3 is 2.65 bits per heavy atom. The second-order valence-electron chi connectivity index (χ2n) is 6.16. The minimum absolute atomic E-state index is 0. The summed E-state index contributed by atoms with van der Waals surface area (Å²) in [6, 6.07) is 8.09. The first-order valence-corrected chi connectivity index (χ1v) is 8.96. The summed E-state index contributed by atoms with van der Waals surface area (Å²) in [4.78, 5) is 6.72. The first kappa shape index (κ1) is 23.0. The van der Waals surface area contributed by atoms with Crippen molar-refractivity contribution in [3.05, 3.63) is 29.8 Å². The van der Waals surface area contributed by atoms with Gasteiger partial charge in [0.25, 0.3) is 0 Å². The molecule has 0 bridgehead atoms. The first-order chi connectivity index (χ1) is 12.3. The van der Waals surface area contributed by atoms with Crippen LogP contribution >= 0.6 is 24.0 Å². The number of ether oxygens (including phenoxy) is 3. The number of guanidine groups is 1. The molecule has 148 valence electrons. The molecule has 0 spiro atoms. The molecule has 1 saturated heterocycles. The number of hydrogen-bond acceptors (Lipinski definition) is 4. The van der Waals surface area contributed by atoms with E-state index in [9.17, 15) is 0 Å². The quantitative estimate of drug-likeness (QED) is 0.270. The van der Waals surface area contributed by atoms with Gasteiger partial charge in [0.2, 0.25) is 0 Å². The molecule has 1 aliphatic heterocycles. The van der Waals surface area contributed by atoms with Gasteiger partial charge in [0.1, 0.15) is 5.75 Å². The second kappa shape index (κ2) is 13.2. The van der Waals surface area contributed by atoms with E-state index in [1.807, 2.05) is 25.2 Å². The van der Waals surface area contributed by atoms with Crippen LogP contribution in [0, 0.1) is 0 Å². The number of halogens is 1. The maximum absolute atomic E-state index is 5.92. The Bertz CT molecular complexity index is 535. The van der Waals surface area contributed by atoms with E-state index in [0.29, 0.717) is 6.10 Å². The SMILES string of the molecule is CN=C(NCc1cccc(OC)c1)N1CCC(OCCCOC)CC1.I. The van der Waals surface area contributed by atoms with Crippen molar-refractivity contribution in [1.82, 2.24) is 10.2 Å². The molecule has 0 radical (unpaired) electrons. The molecule has 0 unspecified atom stereocenters. The van der Waals surface area contributed by atoms with E-state index in [1.165, 1.54) is 5.56 Å². The fourth-order valence-electron chi connectivity index (χ4n) is 2.98. The number of likely N-dealkylation sites (tertiary alicyclic amines) is 1. The zero-order valence-corrected chi connectivity index (χ0v) is 18.4. The maximum atomic E-state index is 5.92. The van der Waals surface area contributed by atoms with Gasteiger partial charge < -0.3 is 24.4 Å². The van der Waals surface area contributed by atoms with Crippen LogP contribution in [0.1, 0.15) is 24.8 Å². The molecule has 26 heavy (non-hydrogen) atoms. The summed E-state index contributed by atoms with van der Waals surface area (Å²) in [5.74, 6) is 1.82. The van der Waals surface area contributed by atoms with Gasteiger partial charge in [0, 0.05) is 47.0 Å². The predicted octanol–water partition coefficient (Wildman–Crippen LogP) is 2.91. The lowest BCUT2D eigenvalue weighted by atomic mass is 10.1. The van der Waals surface area contributed by atoms with Crippen molar-refractivity contribution in [3.8, 4) is 5.75 Å². The maximum Gasteiger partial charge on any atom is 0.193 e. The van der Waals surface area contributed by atoms with Crippen LogP contribution in [-0.4, -0.2) is 64.5 Å². The molecule has 1 aromatic carbocycles. The van der Waals surface area contributed by atoms with E-state index >= 15 is 0 Å². The smallest absolute Gasteiger partial charge is 0.193 e. The van der Waals surface area contributed by atoms with Gasteiger partial charge in [-0.15, -0.1) is 24.0 Å². The molecule has 0 amide bonds.